The molecule has 2 N–H and O–H groups in total. The van der Waals surface area contributed by atoms with E-state index in [2.05, 4.69) is 42.2 Å². The van der Waals surface area contributed by atoms with Gasteiger partial charge in [-0.1, -0.05) is 42.5 Å². The van der Waals surface area contributed by atoms with Crippen molar-refractivity contribution in [1.29, 1.82) is 0 Å². The molecule has 1 unspecified atom stereocenters. The topological polar surface area (TPSA) is 50.2 Å². The maximum atomic E-state index is 12.3. The Morgan fingerprint density at radius 1 is 1.08 bits per heavy atom. The van der Waals surface area contributed by atoms with Crippen molar-refractivity contribution in [2.75, 3.05) is 13.1 Å². The first-order valence-electron chi connectivity index (χ1n) is 8.80. The van der Waals surface area contributed by atoms with Gasteiger partial charge < -0.3 is 9.88 Å². The number of benzene rings is 2. The van der Waals surface area contributed by atoms with Crippen molar-refractivity contribution in [2.24, 2.45) is 0 Å². The number of rotatable bonds is 3. The molecule has 0 fully saturated rings. The highest BCUT2D eigenvalue weighted by atomic mass is 16.1. The Morgan fingerprint density at radius 3 is 2.60 bits per heavy atom. The van der Waals surface area contributed by atoms with Gasteiger partial charge in [-0.15, -0.1) is 0 Å². The maximum absolute atomic E-state index is 12.3. The first-order valence-corrected chi connectivity index (χ1v) is 8.80. The molecule has 3 aromatic rings. The molecule has 1 aliphatic heterocycles. The maximum Gasteiger partial charge on any atom is 0.258 e. The highest BCUT2D eigenvalue weighted by Gasteiger charge is 2.24. The predicted molar refractivity (Wildman–Crippen MR) is 101 cm³/mol. The number of aromatic amines is 1. The SMILES string of the molecule is C[C@H](c1nc2ccccc2c(=O)[nH]1)[NH+]1CC=C(c2ccccc2)CC1. The van der Waals surface area contributed by atoms with Gasteiger partial charge in [0.2, 0.25) is 0 Å². The van der Waals surface area contributed by atoms with Gasteiger partial charge >= 0.3 is 0 Å². The Kier molecular flexibility index (Phi) is 4.20. The lowest BCUT2D eigenvalue weighted by Gasteiger charge is -2.28. The van der Waals surface area contributed by atoms with Crippen LogP contribution in [0, 0.1) is 0 Å². The van der Waals surface area contributed by atoms with Crippen molar-refractivity contribution >= 4 is 16.5 Å². The smallest absolute Gasteiger partial charge is 0.258 e. The van der Waals surface area contributed by atoms with Crippen LogP contribution in [-0.4, -0.2) is 23.1 Å². The lowest BCUT2D eigenvalue weighted by molar-refractivity contribution is -0.925. The van der Waals surface area contributed by atoms with E-state index < -0.39 is 0 Å². The summed E-state index contributed by atoms with van der Waals surface area (Å²) in [6.07, 6.45) is 3.37. The summed E-state index contributed by atoms with van der Waals surface area (Å²) < 4.78 is 0. The van der Waals surface area contributed by atoms with Gasteiger partial charge in [-0.05, 0) is 36.3 Å². The molecule has 126 valence electrons. The second-order valence-corrected chi connectivity index (χ2v) is 6.65. The van der Waals surface area contributed by atoms with E-state index in [-0.39, 0.29) is 11.6 Å². The third kappa shape index (κ3) is 3.13. The number of hydrogen-bond acceptors (Lipinski definition) is 2. The van der Waals surface area contributed by atoms with Crippen LogP contribution in [0.2, 0.25) is 0 Å². The summed E-state index contributed by atoms with van der Waals surface area (Å²) in [4.78, 5) is 21.4. The molecule has 0 amide bonds. The molecule has 1 aliphatic rings. The van der Waals surface area contributed by atoms with Crippen LogP contribution in [0.1, 0.15) is 30.8 Å². The van der Waals surface area contributed by atoms with E-state index in [0.717, 1.165) is 30.9 Å². The quantitative estimate of drug-likeness (QED) is 0.773. The van der Waals surface area contributed by atoms with Gasteiger partial charge in [0.15, 0.2) is 5.82 Å². The van der Waals surface area contributed by atoms with E-state index in [4.69, 9.17) is 4.98 Å². The fourth-order valence-corrected chi connectivity index (χ4v) is 3.56. The molecule has 25 heavy (non-hydrogen) atoms. The highest BCUT2D eigenvalue weighted by Crippen LogP contribution is 2.19. The van der Waals surface area contributed by atoms with Crippen LogP contribution >= 0.6 is 0 Å². The molecule has 2 aromatic carbocycles. The second-order valence-electron chi connectivity index (χ2n) is 6.65. The van der Waals surface area contributed by atoms with Gasteiger partial charge in [0, 0.05) is 6.42 Å². The summed E-state index contributed by atoms with van der Waals surface area (Å²) in [6.45, 7) is 4.13. The van der Waals surface area contributed by atoms with Crippen molar-refractivity contribution in [2.45, 2.75) is 19.4 Å². The average molecular weight is 332 g/mol. The fourth-order valence-electron chi connectivity index (χ4n) is 3.56. The molecule has 1 aromatic heterocycles. The minimum Gasteiger partial charge on any atom is -0.323 e. The molecule has 4 rings (SSSR count). The second kappa shape index (κ2) is 6.65. The van der Waals surface area contributed by atoms with Crippen LogP contribution < -0.4 is 10.5 Å². The summed E-state index contributed by atoms with van der Waals surface area (Å²) in [7, 11) is 0. The Balaban J connectivity index is 1.57. The molecule has 0 bridgehead atoms. The summed E-state index contributed by atoms with van der Waals surface area (Å²) in [5, 5.41) is 0.651. The molecular weight excluding hydrogens is 310 g/mol. The van der Waals surface area contributed by atoms with Gasteiger partial charge in [0.05, 0.1) is 24.0 Å². The average Bonchev–Trinajstić information content (AvgIpc) is 2.68. The molecule has 2 atom stereocenters. The van der Waals surface area contributed by atoms with Gasteiger partial charge in [-0.2, -0.15) is 0 Å². The minimum atomic E-state index is -0.0515. The third-order valence-electron chi connectivity index (χ3n) is 5.12. The molecule has 0 saturated heterocycles. The van der Waals surface area contributed by atoms with E-state index >= 15 is 0 Å². The molecule has 2 heterocycles. The standard InChI is InChI=1S/C21H21N3O/c1-15(20-22-19-10-6-5-9-18(19)21(25)23-20)24-13-11-17(12-14-24)16-7-3-2-4-8-16/h2-11,15H,12-14H2,1H3,(H,22,23,25)/p+1/t15-/m1/s1. The van der Waals surface area contributed by atoms with Crippen molar-refractivity contribution < 1.29 is 4.90 Å². The largest absolute Gasteiger partial charge is 0.323 e. The summed E-state index contributed by atoms with van der Waals surface area (Å²) >= 11 is 0. The number of hydrogen-bond donors (Lipinski definition) is 2. The van der Waals surface area contributed by atoms with E-state index in [1.54, 1.807) is 0 Å². The number of fused-ring (bicyclic) bond motifs is 1. The van der Waals surface area contributed by atoms with E-state index in [9.17, 15) is 4.79 Å². The van der Waals surface area contributed by atoms with Gasteiger partial charge in [0.1, 0.15) is 6.04 Å². The van der Waals surface area contributed by atoms with Gasteiger partial charge in [-0.25, -0.2) is 4.98 Å². The zero-order valence-electron chi connectivity index (χ0n) is 14.3. The zero-order valence-corrected chi connectivity index (χ0v) is 14.3. The molecule has 0 saturated carbocycles. The number of nitrogens with one attached hydrogen (secondary N) is 2. The highest BCUT2D eigenvalue weighted by molar-refractivity contribution is 5.77. The first kappa shape index (κ1) is 15.8. The zero-order chi connectivity index (χ0) is 17.2. The molecule has 4 heteroatoms. The van der Waals surface area contributed by atoms with Crippen LogP contribution in [-0.2, 0) is 0 Å². The predicted octanol–water partition coefficient (Wildman–Crippen LogP) is 2.36. The van der Waals surface area contributed by atoms with Crippen molar-refractivity contribution in [1.82, 2.24) is 9.97 Å². The Labute approximate surface area is 146 Å². The van der Waals surface area contributed by atoms with E-state index in [1.165, 1.54) is 16.0 Å². The van der Waals surface area contributed by atoms with Crippen molar-refractivity contribution in [3.8, 4) is 0 Å². The normalized spacial score (nSPS) is 18.8. The Bertz CT molecular complexity index is 975. The van der Waals surface area contributed by atoms with Gasteiger partial charge in [0.25, 0.3) is 5.56 Å². The van der Waals surface area contributed by atoms with Crippen LogP contribution in [0.5, 0.6) is 0 Å². The summed E-state index contributed by atoms with van der Waals surface area (Å²) in [5.41, 5.74) is 3.44. The fraction of sp³-hybridized carbons (Fsp3) is 0.238. The first-order chi connectivity index (χ1) is 12.2. The third-order valence-corrected chi connectivity index (χ3v) is 5.12. The Hall–Kier alpha value is -2.72. The van der Waals surface area contributed by atoms with Crippen molar-refractivity contribution in [3.05, 3.63) is 82.4 Å². The number of quaternary nitrogens is 1. The lowest BCUT2D eigenvalue weighted by atomic mass is 9.99. The van der Waals surface area contributed by atoms with Crippen LogP contribution in [0.4, 0.5) is 0 Å². The molecule has 4 nitrogen and oxygen atoms in total. The Morgan fingerprint density at radius 2 is 1.84 bits per heavy atom. The van der Waals surface area contributed by atoms with Crippen LogP contribution in [0.25, 0.3) is 16.5 Å². The van der Waals surface area contributed by atoms with Crippen LogP contribution in [0.3, 0.4) is 0 Å². The number of para-hydroxylation sites is 1. The minimum absolute atomic E-state index is 0.0515. The molecule has 0 radical (unpaired) electrons. The number of aromatic nitrogens is 2. The summed E-state index contributed by atoms with van der Waals surface area (Å²) in [5.74, 6) is 0.773. The van der Waals surface area contributed by atoms with Gasteiger partial charge in [-0.3, -0.25) is 4.79 Å². The number of nitrogens with zero attached hydrogens (tertiary/aromatic N) is 1. The molecular formula is C21H22N3O+. The monoisotopic (exact) mass is 332 g/mol. The van der Waals surface area contributed by atoms with Crippen molar-refractivity contribution in [3.63, 3.8) is 0 Å². The van der Waals surface area contributed by atoms with Crippen LogP contribution in [0.15, 0.2) is 65.5 Å². The van der Waals surface area contributed by atoms with E-state index in [0.29, 0.717) is 5.39 Å². The molecule has 0 aliphatic carbocycles. The number of H-pyrrole nitrogens is 1. The lowest BCUT2D eigenvalue weighted by Crippen LogP contribution is -3.12. The van der Waals surface area contributed by atoms with E-state index in [1.807, 2.05) is 30.3 Å². The summed E-state index contributed by atoms with van der Waals surface area (Å²) in [6, 6.07) is 18.2. The molecule has 0 spiro atoms.